The highest BCUT2D eigenvalue weighted by molar-refractivity contribution is 5.69. The van der Waals surface area contributed by atoms with E-state index in [2.05, 4.69) is 6.92 Å². The Bertz CT molecular complexity index is 806. The summed E-state index contributed by atoms with van der Waals surface area (Å²) < 4.78 is 64.9. The number of esters is 2. The quantitative estimate of drug-likeness (QED) is 0.0446. The summed E-state index contributed by atoms with van der Waals surface area (Å²) in [5, 5.41) is 0. The van der Waals surface area contributed by atoms with Gasteiger partial charge < -0.3 is 56.8 Å². The van der Waals surface area contributed by atoms with Gasteiger partial charge in [0, 0.05) is 12.8 Å². The standard InChI is InChI=1S/C44H86O14/c1-3-5-6-7-8-9-10-11-12-13-14-15-16-17-18-20-44(46)58-42-40-56-38-36-54-34-32-52-30-28-50-26-24-48-22-21-47-23-25-49-27-29-51-31-33-53-35-37-55-39-41-57-43(45)19-4-2/h3-42H2,1-2H3. The van der Waals surface area contributed by atoms with Crippen molar-refractivity contribution >= 4 is 11.9 Å². The molecule has 0 heterocycles. The van der Waals surface area contributed by atoms with Crippen LogP contribution in [0, 0.1) is 0 Å². The molecule has 0 aromatic rings. The molecule has 14 heteroatoms. The maximum Gasteiger partial charge on any atom is 0.305 e. The number of carbonyl (C=O) groups excluding carboxylic acids is 2. The number of ether oxygens (including phenoxy) is 12. The third kappa shape index (κ3) is 50.7. The molecule has 0 aliphatic heterocycles. The summed E-state index contributed by atoms with van der Waals surface area (Å²) >= 11 is 0. The van der Waals surface area contributed by atoms with E-state index in [1.807, 2.05) is 6.92 Å². The fourth-order valence-corrected chi connectivity index (χ4v) is 5.50. The van der Waals surface area contributed by atoms with E-state index in [0.717, 1.165) is 19.3 Å². The van der Waals surface area contributed by atoms with Crippen LogP contribution < -0.4 is 0 Å². The van der Waals surface area contributed by atoms with Crippen LogP contribution in [0.5, 0.6) is 0 Å². The molecule has 0 fully saturated rings. The van der Waals surface area contributed by atoms with Crippen molar-refractivity contribution in [3.63, 3.8) is 0 Å². The van der Waals surface area contributed by atoms with E-state index in [9.17, 15) is 9.59 Å². The first-order chi connectivity index (χ1) is 28.7. The summed E-state index contributed by atoms with van der Waals surface area (Å²) in [7, 11) is 0. The lowest BCUT2D eigenvalue weighted by Gasteiger charge is -2.09. The highest BCUT2D eigenvalue weighted by atomic mass is 16.6. The van der Waals surface area contributed by atoms with Crippen molar-refractivity contribution in [3.05, 3.63) is 0 Å². The number of hydrogen-bond acceptors (Lipinski definition) is 14. The molecule has 0 N–H and O–H groups in total. The summed E-state index contributed by atoms with van der Waals surface area (Å²) in [6.45, 7) is 14.2. The molecular formula is C44H86O14. The van der Waals surface area contributed by atoms with Crippen LogP contribution in [0.4, 0.5) is 0 Å². The molecule has 0 radical (unpaired) electrons. The minimum atomic E-state index is -0.190. The minimum absolute atomic E-state index is 0.133. The zero-order valence-electron chi connectivity index (χ0n) is 37.0. The van der Waals surface area contributed by atoms with Crippen molar-refractivity contribution < 1.29 is 66.4 Å². The second-order valence-electron chi connectivity index (χ2n) is 14.0. The molecule has 346 valence electrons. The van der Waals surface area contributed by atoms with Crippen LogP contribution in [0.2, 0.25) is 0 Å². The number of hydrogen-bond donors (Lipinski definition) is 0. The summed E-state index contributed by atoms with van der Waals surface area (Å²) in [5.74, 6) is -0.323. The lowest BCUT2D eigenvalue weighted by molar-refractivity contribution is -0.146. The predicted octanol–water partition coefficient (Wildman–Crippen LogP) is 7.30. The first kappa shape index (κ1) is 56.5. The van der Waals surface area contributed by atoms with Gasteiger partial charge in [-0.25, -0.2) is 0 Å². The normalized spacial score (nSPS) is 11.4. The average molecular weight is 839 g/mol. The second-order valence-corrected chi connectivity index (χ2v) is 14.0. The molecule has 0 saturated carbocycles. The monoisotopic (exact) mass is 839 g/mol. The Morgan fingerprint density at radius 1 is 0.241 bits per heavy atom. The third-order valence-corrected chi connectivity index (χ3v) is 8.77. The summed E-state index contributed by atoms with van der Waals surface area (Å²) in [6.07, 6.45) is 21.4. The highest BCUT2D eigenvalue weighted by Gasteiger charge is 2.04. The molecule has 0 saturated heterocycles. The molecule has 14 nitrogen and oxygen atoms in total. The molecule has 0 unspecified atom stereocenters. The van der Waals surface area contributed by atoms with Gasteiger partial charge in [-0.2, -0.15) is 0 Å². The first-order valence-corrected chi connectivity index (χ1v) is 22.8. The smallest absolute Gasteiger partial charge is 0.305 e. The lowest BCUT2D eigenvalue weighted by atomic mass is 10.0. The topological polar surface area (TPSA) is 145 Å². The van der Waals surface area contributed by atoms with Crippen LogP contribution >= 0.6 is 0 Å². The fraction of sp³-hybridized carbons (Fsp3) is 0.955. The van der Waals surface area contributed by atoms with Crippen molar-refractivity contribution in [1.82, 2.24) is 0 Å². The highest BCUT2D eigenvalue weighted by Crippen LogP contribution is 2.14. The van der Waals surface area contributed by atoms with Gasteiger partial charge in [-0.15, -0.1) is 0 Å². The average Bonchev–Trinajstić information content (AvgIpc) is 3.22. The Hall–Kier alpha value is -1.46. The van der Waals surface area contributed by atoms with Gasteiger partial charge in [0.15, 0.2) is 0 Å². The maximum atomic E-state index is 11.9. The van der Waals surface area contributed by atoms with Gasteiger partial charge in [-0.1, -0.05) is 104 Å². The van der Waals surface area contributed by atoms with Crippen LogP contribution in [-0.4, -0.2) is 157 Å². The Balaban J connectivity index is 3.14. The molecule has 0 bridgehead atoms. The Morgan fingerprint density at radius 3 is 0.690 bits per heavy atom. The van der Waals surface area contributed by atoms with E-state index < -0.39 is 0 Å². The number of unbranched alkanes of at least 4 members (excludes halogenated alkanes) is 14. The van der Waals surface area contributed by atoms with E-state index in [1.54, 1.807) is 0 Å². The van der Waals surface area contributed by atoms with Crippen molar-refractivity contribution in [2.24, 2.45) is 0 Å². The summed E-state index contributed by atoms with van der Waals surface area (Å²) in [6, 6.07) is 0. The molecule has 0 aromatic heterocycles. The molecule has 0 aliphatic carbocycles. The van der Waals surface area contributed by atoms with E-state index >= 15 is 0 Å². The van der Waals surface area contributed by atoms with Crippen LogP contribution in [0.15, 0.2) is 0 Å². The van der Waals surface area contributed by atoms with Gasteiger partial charge in [-0.3, -0.25) is 9.59 Å². The first-order valence-electron chi connectivity index (χ1n) is 22.8. The van der Waals surface area contributed by atoms with Crippen molar-refractivity contribution in [1.29, 1.82) is 0 Å². The minimum Gasteiger partial charge on any atom is -0.463 e. The molecule has 0 atom stereocenters. The molecule has 0 aromatic carbocycles. The van der Waals surface area contributed by atoms with Crippen LogP contribution in [0.1, 0.15) is 129 Å². The summed E-state index contributed by atoms with van der Waals surface area (Å²) in [4.78, 5) is 23.1. The third-order valence-electron chi connectivity index (χ3n) is 8.77. The zero-order valence-corrected chi connectivity index (χ0v) is 37.0. The molecular weight excluding hydrogens is 752 g/mol. The van der Waals surface area contributed by atoms with Crippen molar-refractivity contribution in [2.45, 2.75) is 129 Å². The molecule has 0 aliphatic rings. The van der Waals surface area contributed by atoms with Crippen LogP contribution in [-0.2, 0) is 66.4 Å². The number of rotatable bonds is 51. The van der Waals surface area contributed by atoms with E-state index in [4.69, 9.17) is 56.8 Å². The van der Waals surface area contributed by atoms with Gasteiger partial charge in [0.25, 0.3) is 0 Å². The van der Waals surface area contributed by atoms with Gasteiger partial charge in [0.2, 0.25) is 0 Å². The fourth-order valence-electron chi connectivity index (χ4n) is 5.50. The zero-order chi connectivity index (χ0) is 41.9. The molecule has 0 amide bonds. The summed E-state index contributed by atoms with van der Waals surface area (Å²) in [5.41, 5.74) is 0. The van der Waals surface area contributed by atoms with Crippen LogP contribution in [0.25, 0.3) is 0 Å². The number of carbonyl (C=O) groups is 2. The van der Waals surface area contributed by atoms with Crippen molar-refractivity contribution in [2.75, 3.05) is 145 Å². The van der Waals surface area contributed by atoms with E-state index in [0.29, 0.717) is 145 Å². The predicted molar refractivity (Wildman–Crippen MR) is 225 cm³/mol. The van der Waals surface area contributed by atoms with Gasteiger partial charge in [0.1, 0.15) is 13.2 Å². The largest absolute Gasteiger partial charge is 0.463 e. The molecule has 58 heavy (non-hydrogen) atoms. The SMILES string of the molecule is CCCCCCCCCCCCCCCCCC(=O)OCCOCCOCCOCCOCCOCCOCCOCCOCCOCCOCCOC(=O)CCC. The van der Waals surface area contributed by atoms with E-state index in [1.165, 1.54) is 83.5 Å². The van der Waals surface area contributed by atoms with Gasteiger partial charge in [0.05, 0.1) is 132 Å². The Morgan fingerprint density at radius 2 is 0.448 bits per heavy atom. The molecule has 0 spiro atoms. The van der Waals surface area contributed by atoms with Gasteiger partial charge in [-0.05, 0) is 12.8 Å². The second kappa shape index (κ2) is 51.7. The van der Waals surface area contributed by atoms with E-state index in [-0.39, 0.29) is 25.2 Å². The lowest BCUT2D eigenvalue weighted by Crippen LogP contribution is -2.16. The maximum absolute atomic E-state index is 11.9. The Labute approximate surface area is 352 Å². The molecule has 0 rings (SSSR count). The Kier molecular flexibility index (Phi) is 50.4. The van der Waals surface area contributed by atoms with Gasteiger partial charge >= 0.3 is 11.9 Å². The van der Waals surface area contributed by atoms with Crippen molar-refractivity contribution in [3.8, 4) is 0 Å². The van der Waals surface area contributed by atoms with Crippen LogP contribution in [0.3, 0.4) is 0 Å².